The standard InChI is InChI=1S/C33H31Cl2FN4O6S/c1-31(43,22-15-38-39(2)17-22)21-12-25-28(26(36)13-21)33(20-5-8-23(34)9-6-20,46-18-32(10-11-32)30(37)42)40(29(25)41)16-19-4-7-24(35)14-27(19)47(3,44)45/h4-9,12-15,17,43H,10-11,16,18H2,1-3H3,(H2,37,42)/t31-,33-/m1/s1. The highest BCUT2D eigenvalue weighted by Crippen LogP contribution is 2.53. The molecule has 1 saturated carbocycles. The predicted octanol–water partition coefficient (Wildman–Crippen LogP) is 4.66. The van der Waals surface area contributed by atoms with Gasteiger partial charge in [0.25, 0.3) is 5.91 Å². The van der Waals surface area contributed by atoms with Crippen molar-refractivity contribution in [3.05, 3.63) is 116 Å². The highest BCUT2D eigenvalue weighted by molar-refractivity contribution is 7.90. The molecule has 3 N–H and O–H groups in total. The van der Waals surface area contributed by atoms with Crippen LogP contribution in [0.2, 0.25) is 10.0 Å². The Balaban J connectivity index is 1.61. The molecule has 2 amide bonds. The van der Waals surface area contributed by atoms with E-state index in [4.69, 9.17) is 33.7 Å². The first-order valence-electron chi connectivity index (χ1n) is 14.6. The van der Waals surface area contributed by atoms with Crippen molar-refractivity contribution in [1.29, 1.82) is 0 Å². The third-order valence-corrected chi connectivity index (χ3v) is 10.7. The fourth-order valence-electron chi connectivity index (χ4n) is 6.09. The Hall–Kier alpha value is -3.81. The molecule has 0 unspecified atom stereocenters. The molecule has 1 aliphatic carbocycles. The number of primary amides is 1. The van der Waals surface area contributed by atoms with Gasteiger partial charge in [0.2, 0.25) is 5.91 Å². The minimum Gasteiger partial charge on any atom is -0.381 e. The van der Waals surface area contributed by atoms with E-state index < -0.39 is 44.2 Å². The molecule has 1 aliphatic heterocycles. The Kier molecular flexibility index (Phi) is 8.04. The molecule has 2 heterocycles. The van der Waals surface area contributed by atoms with E-state index in [1.165, 1.54) is 47.0 Å². The summed E-state index contributed by atoms with van der Waals surface area (Å²) in [4.78, 5) is 28.2. The summed E-state index contributed by atoms with van der Waals surface area (Å²) in [5, 5.41) is 16.2. The fraction of sp³-hybridized carbons (Fsp3) is 0.303. The van der Waals surface area contributed by atoms with Crippen molar-refractivity contribution in [2.24, 2.45) is 18.2 Å². The molecule has 10 nitrogen and oxygen atoms in total. The van der Waals surface area contributed by atoms with Crippen molar-refractivity contribution in [3.63, 3.8) is 0 Å². The van der Waals surface area contributed by atoms with Gasteiger partial charge in [-0.2, -0.15) is 5.10 Å². The number of hydrogen-bond acceptors (Lipinski definition) is 7. The summed E-state index contributed by atoms with van der Waals surface area (Å²) in [5.74, 6) is -2.19. The Morgan fingerprint density at radius 1 is 1.11 bits per heavy atom. The van der Waals surface area contributed by atoms with Gasteiger partial charge in [-0.3, -0.25) is 19.2 Å². The average Bonchev–Trinajstić information content (AvgIpc) is 3.61. The molecule has 0 spiro atoms. The van der Waals surface area contributed by atoms with Crippen molar-refractivity contribution in [2.75, 3.05) is 12.9 Å². The van der Waals surface area contributed by atoms with Crippen LogP contribution in [0.4, 0.5) is 4.39 Å². The zero-order valence-electron chi connectivity index (χ0n) is 25.6. The number of ether oxygens (including phenoxy) is 1. The number of nitrogens with two attached hydrogens (primary N) is 1. The molecule has 2 atom stereocenters. The minimum atomic E-state index is -3.85. The van der Waals surface area contributed by atoms with Gasteiger partial charge in [0, 0.05) is 40.7 Å². The number of fused-ring (bicyclic) bond motifs is 1. The molecule has 4 aromatic rings. The molecule has 2 aliphatic rings. The van der Waals surface area contributed by atoms with Crippen LogP contribution in [0, 0.1) is 11.2 Å². The number of sulfone groups is 1. The van der Waals surface area contributed by atoms with Crippen molar-refractivity contribution in [2.45, 2.75) is 42.5 Å². The van der Waals surface area contributed by atoms with Crippen molar-refractivity contribution >= 4 is 44.9 Å². The molecule has 6 rings (SSSR count). The van der Waals surface area contributed by atoms with E-state index in [9.17, 15) is 23.1 Å². The number of carbonyl (C=O) groups excluding carboxylic acids is 2. The normalized spacial score (nSPS) is 19.8. The highest BCUT2D eigenvalue weighted by Gasteiger charge is 2.58. The quantitative estimate of drug-likeness (QED) is 0.245. The summed E-state index contributed by atoms with van der Waals surface area (Å²) in [6.45, 7) is 0.830. The number of aryl methyl sites for hydroxylation is 1. The van der Waals surface area contributed by atoms with Gasteiger partial charge in [-0.1, -0.05) is 41.4 Å². The lowest BCUT2D eigenvalue weighted by Crippen LogP contribution is -2.48. The second kappa shape index (κ2) is 11.4. The van der Waals surface area contributed by atoms with E-state index >= 15 is 4.39 Å². The number of benzene rings is 3. The summed E-state index contributed by atoms with van der Waals surface area (Å²) in [7, 11) is -2.18. The molecule has 0 bridgehead atoms. The zero-order valence-corrected chi connectivity index (χ0v) is 28.0. The number of halogens is 3. The lowest BCUT2D eigenvalue weighted by molar-refractivity contribution is -0.142. The Morgan fingerprint density at radius 3 is 2.34 bits per heavy atom. The van der Waals surface area contributed by atoms with Crippen LogP contribution in [0.25, 0.3) is 0 Å². The lowest BCUT2D eigenvalue weighted by Gasteiger charge is -2.40. The molecular formula is C33H31Cl2FN4O6S. The van der Waals surface area contributed by atoms with Crippen molar-refractivity contribution in [1.82, 2.24) is 14.7 Å². The van der Waals surface area contributed by atoms with E-state index in [1.54, 1.807) is 37.5 Å². The summed E-state index contributed by atoms with van der Waals surface area (Å²) in [6, 6.07) is 13.0. The van der Waals surface area contributed by atoms with Gasteiger partial charge in [-0.15, -0.1) is 0 Å². The molecule has 3 aromatic carbocycles. The molecule has 0 saturated heterocycles. The van der Waals surface area contributed by atoms with Gasteiger partial charge >= 0.3 is 0 Å². The van der Waals surface area contributed by atoms with E-state index in [-0.39, 0.29) is 50.9 Å². The van der Waals surface area contributed by atoms with Gasteiger partial charge in [0.05, 0.1) is 40.8 Å². The maximum Gasteiger partial charge on any atom is 0.257 e. The summed E-state index contributed by atoms with van der Waals surface area (Å²) in [5.41, 5.74) is 1.53. The number of aliphatic hydroxyl groups is 1. The summed E-state index contributed by atoms with van der Waals surface area (Å²) >= 11 is 12.4. The van der Waals surface area contributed by atoms with Gasteiger partial charge in [0.1, 0.15) is 11.4 Å². The molecular weight excluding hydrogens is 670 g/mol. The van der Waals surface area contributed by atoms with Crippen LogP contribution in [-0.4, -0.2) is 52.9 Å². The summed E-state index contributed by atoms with van der Waals surface area (Å²) in [6.07, 6.45) is 4.90. The topological polar surface area (TPSA) is 145 Å². The average molecular weight is 702 g/mol. The number of nitrogens with zero attached hydrogens (tertiary/aromatic N) is 3. The van der Waals surface area contributed by atoms with Crippen LogP contribution >= 0.6 is 23.2 Å². The molecule has 14 heteroatoms. The number of amides is 2. The van der Waals surface area contributed by atoms with E-state index in [1.807, 2.05) is 0 Å². The largest absolute Gasteiger partial charge is 0.381 e. The Bertz CT molecular complexity index is 2050. The molecule has 1 fully saturated rings. The van der Waals surface area contributed by atoms with Crippen molar-refractivity contribution in [3.8, 4) is 0 Å². The first kappa shape index (κ1) is 33.1. The van der Waals surface area contributed by atoms with Crippen molar-refractivity contribution < 1.29 is 32.2 Å². The maximum atomic E-state index is 16.8. The van der Waals surface area contributed by atoms with Crippen LogP contribution in [0.3, 0.4) is 0 Å². The SMILES string of the molecule is Cn1cc([C@](C)(O)c2cc(F)c3c(c2)C(=O)N(Cc2ccc(Cl)cc2S(C)(=O)=O)[C@@]3(OCC2(C(N)=O)CC2)c2ccc(Cl)cc2)cn1. The molecule has 1 aromatic heterocycles. The number of rotatable bonds is 10. The molecule has 47 heavy (non-hydrogen) atoms. The van der Waals surface area contributed by atoms with Crippen LogP contribution in [0.15, 0.2) is 71.9 Å². The number of hydrogen-bond donors (Lipinski definition) is 2. The first-order valence-corrected chi connectivity index (χ1v) is 17.2. The van der Waals surface area contributed by atoms with Gasteiger partial charge in [-0.25, -0.2) is 12.8 Å². The van der Waals surface area contributed by atoms with Crippen LogP contribution in [-0.2, 0) is 44.3 Å². The Morgan fingerprint density at radius 2 is 1.77 bits per heavy atom. The van der Waals surface area contributed by atoms with Crippen LogP contribution in [0.5, 0.6) is 0 Å². The van der Waals surface area contributed by atoms with Gasteiger partial charge < -0.3 is 15.6 Å². The molecule has 246 valence electrons. The maximum absolute atomic E-state index is 16.8. The van der Waals surface area contributed by atoms with E-state index in [0.29, 0.717) is 23.4 Å². The summed E-state index contributed by atoms with van der Waals surface area (Å²) < 4.78 is 50.7. The highest BCUT2D eigenvalue weighted by atomic mass is 35.5. The van der Waals surface area contributed by atoms with Gasteiger partial charge in [-0.05, 0) is 67.3 Å². The monoisotopic (exact) mass is 700 g/mol. The number of carbonyl (C=O) groups is 2. The zero-order chi connectivity index (χ0) is 34.1. The van der Waals surface area contributed by atoms with E-state index in [2.05, 4.69) is 5.10 Å². The smallest absolute Gasteiger partial charge is 0.257 e. The number of aromatic nitrogens is 2. The van der Waals surface area contributed by atoms with Crippen LogP contribution in [0.1, 0.15) is 57.9 Å². The fourth-order valence-corrected chi connectivity index (χ4v) is 7.40. The lowest BCUT2D eigenvalue weighted by atomic mass is 9.85. The predicted molar refractivity (Wildman–Crippen MR) is 172 cm³/mol. The first-order chi connectivity index (χ1) is 22.0. The molecule has 0 radical (unpaired) electrons. The second-order valence-corrected chi connectivity index (χ2v) is 15.2. The second-order valence-electron chi connectivity index (χ2n) is 12.4. The van der Waals surface area contributed by atoms with Gasteiger partial charge in [0.15, 0.2) is 15.6 Å². The Labute approximate surface area is 280 Å². The van der Waals surface area contributed by atoms with E-state index in [0.717, 1.165) is 12.3 Å². The third kappa shape index (κ3) is 5.61. The van der Waals surface area contributed by atoms with Crippen LogP contribution < -0.4 is 5.73 Å². The third-order valence-electron chi connectivity index (χ3n) is 9.04. The minimum absolute atomic E-state index is 0.0704.